The summed E-state index contributed by atoms with van der Waals surface area (Å²) in [6.07, 6.45) is 0. The summed E-state index contributed by atoms with van der Waals surface area (Å²) in [4.78, 5) is 20.5. The monoisotopic (exact) mass is 225 g/mol. The Kier molecular flexibility index (Phi) is 3.65. The van der Waals surface area contributed by atoms with Crippen molar-refractivity contribution in [3.63, 3.8) is 0 Å². The SMILES string of the molecule is COc1nc(C)cc(N(C)C(C)C(=O)O)n1. The molecular formula is C10H15N3O3. The maximum absolute atomic E-state index is 10.8. The first-order valence-electron chi connectivity index (χ1n) is 4.81. The van der Waals surface area contributed by atoms with Gasteiger partial charge in [-0.05, 0) is 13.8 Å². The van der Waals surface area contributed by atoms with Gasteiger partial charge < -0.3 is 14.7 Å². The second-order valence-corrected chi connectivity index (χ2v) is 3.48. The Morgan fingerprint density at radius 1 is 1.56 bits per heavy atom. The third-order valence-electron chi connectivity index (χ3n) is 2.30. The minimum absolute atomic E-state index is 0.236. The molecule has 6 nitrogen and oxygen atoms in total. The average molecular weight is 225 g/mol. The fourth-order valence-electron chi connectivity index (χ4n) is 1.16. The third-order valence-corrected chi connectivity index (χ3v) is 2.30. The standard InChI is InChI=1S/C10H15N3O3/c1-6-5-8(12-10(11-6)16-4)13(3)7(2)9(14)15/h5,7H,1-4H3,(H,14,15). The molecule has 0 aliphatic carbocycles. The van der Waals surface area contributed by atoms with Crippen LogP contribution < -0.4 is 9.64 Å². The van der Waals surface area contributed by atoms with Crippen molar-refractivity contribution in [1.82, 2.24) is 9.97 Å². The number of aliphatic carboxylic acids is 1. The lowest BCUT2D eigenvalue weighted by Crippen LogP contribution is -2.36. The van der Waals surface area contributed by atoms with Crippen LogP contribution in [0, 0.1) is 6.92 Å². The number of rotatable bonds is 4. The van der Waals surface area contributed by atoms with Gasteiger partial charge >= 0.3 is 12.0 Å². The predicted molar refractivity (Wildman–Crippen MR) is 58.8 cm³/mol. The number of nitrogens with zero attached hydrogens (tertiary/aromatic N) is 3. The number of ether oxygens (including phenoxy) is 1. The second-order valence-electron chi connectivity index (χ2n) is 3.48. The third kappa shape index (κ3) is 2.59. The van der Waals surface area contributed by atoms with Gasteiger partial charge in [-0.25, -0.2) is 9.78 Å². The Morgan fingerprint density at radius 2 is 2.19 bits per heavy atom. The molecule has 0 amide bonds. The number of aromatic nitrogens is 2. The number of carboxylic acid groups (broad SMARTS) is 1. The van der Waals surface area contributed by atoms with Crippen LogP contribution in [0.15, 0.2) is 6.07 Å². The van der Waals surface area contributed by atoms with E-state index in [0.29, 0.717) is 5.82 Å². The first-order valence-corrected chi connectivity index (χ1v) is 4.81. The summed E-state index contributed by atoms with van der Waals surface area (Å²) in [7, 11) is 3.14. The fraction of sp³-hybridized carbons (Fsp3) is 0.500. The van der Waals surface area contributed by atoms with E-state index < -0.39 is 12.0 Å². The molecule has 0 saturated carbocycles. The highest BCUT2D eigenvalue weighted by Crippen LogP contribution is 2.16. The Morgan fingerprint density at radius 3 is 2.69 bits per heavy atom. The number of hydrogen-bond acceptors (Lipinski definition) is 5. The molecule has 16 heavy (non-hydrogen) atoms. The molecule has 0 bridgehead atoms. The molecule has 0 aliphatic heterocycles. The van der Waals surface area contributed by atoms with Crippen LogP contribution in [0.25, 0.3) is 0 Å². The van der Waals surface area contributed by atoms with Gasteiger partial charge in [0.1, 0.15) is 11.9 Å². The van der Waals surface area contributed by atoms with Gasteiger partial charge in [0.25, 0.3) is 0 Å². The van der Waals surface area contributed by atoms with Gasteiger partial charge in [-0.1, -0.05) is 0 Å². The topological polar surface area (TPSA) is 75.5 Å². The van der Waals surface area contributed by atoms with Crippen molar-refractivity contribution in [3.8, 4) is 6.01 Å². The molecule has 1 unspecified atom stereocenters. The highest BCUT2D eigenvalue weighted by Gasteiger charge is 2.19. The van der Waals surface area contributed by atoms with Crippen molar-refractivity contribution in [1.29, 1.82) is 0 Å². The largest absolute Gasteiger partial charge is 0.480 e. The van der Waals surface area contributed by atoms with E-state index in [1.54, 1.807) is 31.9 Å². The molecule has 1 atom stereocenters. The second kappa shape index (κ2) is 4.78. The normalized spacial score (nSPS) is 12.0. The minimum atomic E-state index is -0.905. The molecule has 0 radical (unpaired) electrons. The van der Waals surface area contributed by atoms with E-state index in [0.717, 1.165) is 5.69 Å². The molecule has 0 saturated heterocycles. The maximum Gasteiger partial charge on any atom is 0.326 e. The molecule has 1 rings (SSSR count). The van der Waals surface area contributed by atoms with Crippen molar-refractivity contribution in [2.75, 3.05) is 19.1 Å². The molecule has 0 aromatic carbocycles. The maximum atomic E-state index is 10.8. The van der Waals surface area contributed by atoms with Crippen molar-refractivity contribution >= 4 is 11.8 Å². The van der Waals surface area contributed by atoms with E-state index in [1.807, 2.05) is 0 Å². The highest BCUT2D eigenvalue weighted by molar-refractivity contribution is 5.76. The molecule has 1 N–H and O–H groups in total. The van der Waals surface area contributed by atoms with Crippen molar-refractivity contribution < 1.29 is 14.6 Å². The number of likely N-dealkylation sites (N-methyl/N-ethyl adjacent to an activating group) is 1. The summed E-state index contributed by atoms with van der Waals surface area (Å²) in [5.41, 5.74) is 0.728. The van der Waals surface area contributed by atoms with E-state index in [2.05, 4.69) is 9.97 Å². The molecule has 0 fully saturated rings. The zero-order valence-corrected chi connectivity index (χ0v) is 9.76. The van der Waals surface area contributed by atoms with Crippen LogP contribution in [-0.2, 0) is 4.79 Å². The number of aryl methyl sites for hydroxylation is 1. The molecule has 6 heteroatoms. The quantitative estimate of drug-likeness (QED) is 0.813. The van der Waals surface area contributed by atoms with Crippen molar-refractivity contribution in [2.45, 2.75) is 19.9 Å². The summed E-state index contributed by atoms with van der Waals surface area (Å²) >= 11 is 0. The van der Waals surface area contributed by atoms with E-state index in [9.17, 15) is 4.79 Å². The van der Waals surface area contributed by atoms with E-state index in [1.165, 1.54) is 7.11 Å². The molecular weight excluding hydrogens is 210 g/mol. The van der Waals surface area contributed by atoms with Gasteiger partial charge in [0.05, 0.1) is 7.11 Å². The summed E-state index contributed by atoms with van der Waals surface area (Å²) in [6.45, 7) is 3.39. The van der Waals surface area contributed by atoms with Gasteiger partial charge in [-0.15, -0.1) is 0 Å². The zero-order chi connectivity index (χ0) is 12.3. The van der Waals surface area contributed by atoms with Gasteiger partial charge in [0, 0.05) is 18.8 Å². The van der Waals surface area contributed by atoms with Crippen LogP contribution in [0.4, 0.5) is 5.82 Å². The Bertz CT molecular complexity index is 395. The van der Waals surface area contributed by atoms with E-state index in [-0.39, 0.29) is 6.01 Å². The number of hydrogen-bond donors (Lipinski definition) is 1. The predicted octanol–water partition coefficient (Wildman–Crippen LogP) is 0.703. The zero-order valence-electron chi connectivity index (χ0n) is 9.76. The molecule has 1 heterocycles. The number of carboxylic acids is 1. The Hall–Kier alpha value is -1.85. The van der Waals surface area contributed by atoms with Crippen LogP contribution in [0.3, 0.4) is 0 Å². The summed E-state index contributed by atoms with van der Waals surface area (Å²) < 4.78 is 4.93. The molecule has 88 valence electrons. The highest BCUT2D eigenvalue weighted by atomic mass is 16.5. The van der Waals surface area contributed by atoms with Gasteiger partial charge in [-0.3, -0.25) is 0 Å². The number of anilines is 1. The summed E-state index contributed by atoms with van der Waals surface area (Å²) in [5, 5.41) is 8.89. The van der Waals surface area contributed by atoms with Crippen molar-refractivity contribution in [3.05, 3.63) is 11.8 Å². The molecule has 1 aromatic rings. The first kappa shape index (κ1) is 12.2. The molecule has 1 aromatic heterocycles. The lowest BCUT2D eigenvalue weighted by Gasteiger charge is -2.22. The summed E-state index contributed by atoms with van der Waals surface area (Å²) in [5.74, 6) is -0.378. The van der Waals surface area contributed by atoms with E-state index >= 15 is 0 Å². The first-order chi connectivity index (χ1) is 7.45. The van der Waals surface area contributed by atoms with E-state index in [4.69, 9.17) is 9.84 Å². The van der Waals surface area contributed by atoms with Gasteiger partial charge in [0.2, 0.25) is 0 Å². The van der Waals surface area contributed by atoms with Crippen molar-refractivity contribution in [2.24, 2.45) is 0 Å². The lowest BCUT2D eigenvalue weighted by atomic mass is 10.3. The minimum Gasteiger partial charge on any atom is -0.480 e. The van der Waals surface area contributed by atoms with Crippen LogP contribution in [0.5, 0.6) is 6.01 Å². The van der Waals surface area contributed by atoms with Crippen LogP contribution >= 0.6 is 0 Å². The van der Waals surface area contributed by atoms with Gasteiger partial charge in [0.15, 0.2) is 0 Å². The smallest absolute Gasteiger partial charge is 0.326 e. The Balaban J connectivity index is 3.03. The Labute approximate surface area is 93.9 Å². The van der Waals surface area contributed by atoms with Crippen LogP contribution in [-0.4, -0.2) is 41.2 Å². The van der Waals surface area contributed by atoms with Crippen LogP contribution in [0.2, 0.25) is 0 Å². The molecule has 0 spiro atoms. The lowest BCUT2D eigenvalue weighted by molar-refractivity contribution is -0.138. The number of methoxy groups -OCH3 is 1. The molecule has 0 aliphatic rings. The van der Waals surface area contributed by atoms with Crippen LogP contribution in [0.1, 0.15) is 12.6 Å². The van der Waals surface area contributed by atoms with Gasteiger partial charge in [-0.2, -0.15) is 4.98 Å². The fourth-order valence-corrected chi connectivity index (χ4v) is 1.16. The average Bonchev–Trinajstić information content (AvgIpc) is 2.25. The summed E-state index contributed by atoms with van der Waals surface area (Å²) in [6, 6.07) is 1.29. The number of carbonyl (C=O) groups is 1.